The van der Waals surface area contributed by atoms with E-state index in [0.717, 1.165) is 24.1 Å². The number of imide groups is 1. The molecule has 1 aromatic rings. The lowest BCUT2D eigenvalue weighted by atomic mass is 10.1. The number of benzene rings is 1. The van der Waals surface area contributed by atoms with Crippen molar-refractivity contribution in [2.45, 2.75) is 31.8 Å². The van der Waals surface area contributed by atoms with Gasteiger partial charge in [0.15, 0.2) is 0 Å². The summed E-state index contributed by atoms with van der Waals surface area (Å²) >= 11 is 0. The van der Waals surface area contributed by atoms with Gasteiger partial charge >= 0.3 is 12.1 Å². The monoisotopic (exact) mass is 507 g/mol. The summed E-state index contributed by atoms with van der Waals surface area (Å²) in [7, 11) is 1.40. The molecule has 0 saturated carbocycles. The van der Waals surface area contributed by atoms with Gasteiger partial charge in [-0.25, -0.2) is 9.59 Å². The second-order valence-corrected chi connectivity index (χ2v) is 8.54. The quantitative estimate of drug-likeness (QED) is 0.380. The maximum Gasteiger partial charge on any atom is 0.409 e. The van der Waals surface area contributed by atoms with Gasteiger partial charge in [-0.2, -0.15) is 0 Å². The number of urea groups is 1. The molecule has 11 nitrogen and oxygen atoms in total. The molecule has 1 N–H and O–H groups in total. The van der Waals surface area contributed by atoms with Crippen molar-refractivity contribution in [2.24, 2.45) is 0 Å². The molecule has 200 valence electrons. The first-order valence-corrected chi connectivity index (χ1v) is 12.4. The number of piperidine rings is 1. The Labute approximate surface area is 211 Å². The number of rotatable bonds is 14. The van der Waals surface area contributed by atoms with E-state index in [2.05, 4.69) is 5.32 Å². The standard InChI is InChI=1S/C25H37N3O8/c1-32-25(31)27-9-5-22(6-10-27)36-18-17-35-16-15-34-14-13-33-12-8-20-3-2-4-21(19-20)28-11-7-23(29)26-24(28)30/h2-4,19,22H,5-18H2,1H3,(H,26,29,30). The minimum absolute atomic E-state index is 0.153. The van der Waals surface area contributed by atoms with Crippen molar-refractivity contribution < 1.29 is 38.1 Å². The molecule has 2 saturated heterocycles. The summed E-state index contributed by atoms with van der Waals surface area (Å²) < 4.78 is 27.2. The average molecular weight is 508 g/mol. The maximum atomic E-state index is 12.0. The van der Waals surface area contributed by atoms with Crippen LogP contribution in [-0.4, -0.2) is 102 Å². The highest BCUT2D eigenvalue weighted by atomic mass is 16.6. The molecular weight excluding hydrogens is 470 g/mol. The molecule has 36 heavy (non-hydrogen) atoms. The van der Waals surface area contributed by atoms with Gasteiger partial charge in [0.2, 0.25) is 5.91 Å². The Morgan fingerprint density at radius 3 is 2.28 bits per heavy atom. The average Bonchev–Trinajstić information content (AvgIpc) is 2.89. The molecule has 0 atom stereocenters. The Hall–Kier alpha value is -2.73. The number of nitrogens with zero attached hydrogens (tertiary/aromatic N) is 2. The van der Waals surface area contributed by atoms with Crippen LogP contribution in [0.5, 0.6) is 0 Å². The second-order valence-electron chi connectivity index (χ2n) is 8.54. The Morgan fingerprint density at radius 1 is 0.944 bits per heavy atom. The second kappa shape index (κ2) is 15.4. The summed E-state index contributed by atoms with van der Waals surface area (Å²) in [5.41, 5.74) is 1.83. The molecule has 0 spiro atoms. The molecule has 0 aromatic heterocycles. The fourth-order valence-electron chi connectivity index (χ4n) is 4.03. The predicted molar refractivity (Wildman–Crippen MR) is 131 cm³/mol. The zero-order valence-corrected chi connectivity index (χ0v) is 20.9. The van der Waals surface area contributed by atoms with Gasteiger partial charge in [-0.05, 0) is 37.0 Å². The summed E-state index contributed by atoms with van der Waals surface area (Å²) in [6.07, 6.45) is 2.50. The molecule has 2 fully saturated rings. The number of carbonyl (C=O) groups is 3. The van der Waals surface area contributed by atoms with Gasteiger partial charge in [0.05, 0.1) is 59.5 Å². The van der Waals surface area contributed by atoms with Gasteiger partial charge in [-0.3, -0.25) is 15.0 Å². The molecule has 4 amide bonds. The number of nitrogens with one attached hydrogen (secondary N) is 1. The van der Waals surface area contributed by atoms with E-state index in [-0.39, 0.29) is 24.1 Å². The Balaban J connectivity index is 1.14. The first kappa shape index (κ1) is 27.9. The summed E-state index contributed by atoms with van der Waals surface area (Å²) in [6, 6.07) is 7.31. The highest BCUT2D eigenvalue weighted by Crippen LogP contribution is 2.19. The normalized spacial score (nSPS) is 16.8. The van der Waals surface area contributed by atoms with Crippen LogP contribution < -0.4 is 10.2 Å². The highest BCUT2D eigenvalue weighted by Gasteiger charge is 2.24. The third kappa shape index (κ3) is 9.38. The fourth-order valence-corrected chi connectivity index (χ4v) is 4.03. The number of ether oxygens (including phenoxy) is 5. The molecule has 0 aliphatic carbocycles. The number of anilines is 1. The summed E-state index contributed by atoms with van der Waals surface area (Å²) in [5, 5.41) is 2.34. The van der Waals surface area contributed by atoms with E-state index >= 15 is 0 Å². The molecule has 2 heterocycles. The van der Waals surface area contributed by atoms with Crippen LogP contribution in [0.2, 0.25) is 0 Å². The van der Waals surface area contributed by atoms with E-state index in [1.54, 1.807) is 9.80 Å². The highest BCUT2D eigenvalue weighted by molar-refractivity contribution is 6.05. The summed E-state index contributed by atoms with van der Waals surface area (Å²) in [5.74, 6) is -0.241. The van der Waals surface area contributed by atoms with Crippen LogP contribution in [0.3, 0.4) is 0 Å². The van der Waals surface area contributed by atoms with Crippen LogP contribution in [0.1, 0.15) is 24.8 Å². The molecular formula is C25H37N3O8. The Kier molecular flexibility index (Phi) is 11.9. The lowest BCUT2D eigenvalue weighted by Crippen LogP contribution is -2.49. The smallest absolute Gasteiger partial charge is 0.409 e. The number of amides is 4. The van der Waals surface area contributed by atoms with E-state index in [1.165, 1.54) is 7.11 Å². The number of hydrogen-bond donors (Lipinski definition) is 1. The topological polar surface area (TPSA) is 116 Å². The molecule has 0 radical (unpaired) electrons. The van der Waals surface area contributed by atoms with Crippen LogP contribution >= 0.6 is 0 Å². The van der Waals surface area contributed by atoms with Crippen molar-refractivity contribution in [3.8, 4) is 0 Å². The molecule has 3 rings (SSSR count). The van der Waals surface area contributed by atoms with Gasteiger partial charge in [-0.1, -0.05) is 12.1 Å². The third-order valence-electron chi connectivity index (χ3n) is 6.01. The Morgan fingerprint density at radius 2 is 1.61 bits per heavy atom. The van der Waals surface area contributed by atoms with Crippen LogP contribution in [0.4, 0.5) is 15.3 Å². The molecule has 2 aliphatic rings. The minimum Gasteiger partial charge on any atom is -0.453 e. The van der Waals surface area contributed by atoms with Crippen molar-refractivity contribution in [3.63, 3.8) is 0 Å². The van der Waals surface area contributed by atoms with Crippen LogP contribution in [0.25, 0.3) is 0 Å². The van der Waals surface area contributed by atoms with E-state index in [9.17, 15) is 14.4 Å². The summed E-state index contributed by atoms with van der Waals surface area (Å²) in [6.45, 7) is 5.22. The molecule has 1 aromatic carbocycles. The van der Waals surface area contributed by atoms with Gasteiger partial charge in [0.1, 0.15) is 0 Å². The van der Waals surface area contributed by atoms with Gasteiger partial charge in [0, 0.05) is 31.7 Å². The fraction of sp³-hybridized carbons (Fsp3) is 0.640. The van der Waals surface area contributed by atoms with Crippen LogP contribution in [-0.2, 0) is 34.9 Å². The minimum atomic E-state index is -0.383. The Bertz CT molecular complexity index is 844. The van der Waals surface area contributed by atoms with E-state index < -0.39 is 0 Å². The van der Waals surface area contributed by atoms with E-state index in [0.29, 0.717) is 78.7 Å². The van der Waals surface area contributed by atoms with Crippen molar-refractivity contribution in [1.29, 1.82) is 0 Å². The first-order chi connectivity index (χ1) is 17.6. The zero-order valence-electron chi connectivity index (χ0n) is 20.9. The SMILES string of the molecule is COC(=O)N1CCC(OCCOCCOCCOCCc2cccc(N3CCC(=O)NC3=O)c2)CC1. The van der Waals surface area contributed by atoms with Crippen LogP contribution in [0, 0.1) is 0 Å². The number of methoxy groups -OCH3 is 1. The van der Waals surface area contributed by atoms with Gasteiger partial charge in [0.25, 0.3) is 0 Å². The van der Waals surface area contributed by atoms with Crippen molar-refractivity contribution >= 4 is 23.7 Å². The molecule has 2 aliphatic heterocycles. The molecule has 0 unspecified atom stereocenters. The maximum absolute atomic E-state index is 12.0. The number of likely N-dealkylation sites (tertiary alicyclic amines) is 1. The number of carbonyl (C=O) groups excluding carboxylic acids is 3. The zero-order chi connectivity index (χ0) is 25.6. The van der Waals surface area contributed by atoms with Gasteiger partial charge < -0.3 is 28.6 Å². The van der Waals surface area contributed by atoms with Crippen molar-refractivity contribution in [3.05, 3.63) is 29.8 Å². The van der Waals surface area contributed by atoms with Gasteiger partial charge in [-0.15, -0.1) is 0 Å². The lowest BCUT2D eigenvalue weighted by Gasteiger charge is -2.30. The van der Waals surface area contributed by atoms with E-state index in [4.69, 9.17) is 23.7 Å². The van der Waals surface area contributed by atoms with Crippen molar-refractivity contribution in [1.82, 2.24) is 10.2 Å². The van der Waals surface area contributed by atoms with Crippen molar-refractivity contribution in [2.75, 3.05) is 77.9 Å². The molecule has 11 heteroatoms. The largest absolute Gasteiger partial charge is 0.453 e. The number of hydrogen-bond acceptors (Lipinski definition) is 8. The third-order valence-corrected chi connectivity index (χ3v) is 6.01. The van der Waals surface area contributed by atoms with Crippen LogP contribution in [0.15, 0.2) is 24.3 Å². The first-order valence-electron chi connectivity index (χ1n) is 12.4. The summed E-state index contributed by atoms with van der Waals surface area (Å²) in [4.78, 5) is 38.1. The van der Waals surface area contributed by atoms with E-state index in [1.807, 2.05) is 24.3 Å². The molecule has 0 bridgehead atoms. The lowest BCUT2D eigenvalue weighted by molar-refractivity contribution is -0.120. The predicted octanol–water partition coefficient (Wildman–Crippen LogP) is 1.97.